The van der Waals surface area contributed by atoms with E-state index in [1.807, 2.05) is 0 Å². The van der Waals surface area contributed by atoms with Crippen molar-refractivity contribution in [3.63, 3.8) is 0 Å². The van der Waals surface area contributed by atoms with E-state index in [1.54, 1.807) is 0 Å². The van der Waals surface area contributed by atoms with Gasteiger partial charge in [-0.05, 0) is 12.5 Å². The van der Waals surface area contributed by atoms with Gasteiger partial charge in [0.2, 0.25) is 0 Å². The molecule has 2 N–H and O–H groups in total. The van der Waals surface area contributed by atoms with Crippen molar-refractivity contribution < 1.29 is 14.3 Å². The summed E-state index contributed by atoms with van der Waals surface area (Å²) in [5.74, 6) is 2.22. The quantitative estimate of drug-likeness (QED) is 0.720. The van der Waals surface area contributed by atoms with Crippen molar-refractivity contribution in [3.05, 3.63) is 23.7 Å². The molecule has 0 fully saturated rings. The number of hydrogen-bond donors (Lipinski definition) is 2. The molecule has 1 rings (SSSR count). The summed E-state index contributed by atoms with van der Waals surface area (Å²) < 4.78 is 5.09. The molecule has 86 valence electrons. The zero-order chi connectivity index (χ0) is 12.0. The van der Waals surface area contributed by atoms with Crippen LogP contribution in [-0.4, -0.2) is 17.1 Å². The van der Waals surface area contributed by atoms with Crippen LogP contribution >= 0.6 is 0 Å². The number of hydrogen-bond acceptors (Lipinski definition) is 3. The number of rotatable bonds is 6. The number of carboxylic acids is 1. The number of nitrogens with one attached hydrogen (secondary N) is 1. The van der Waals surface area contributed by atoms with E-state index in [-0.39, 0.29) is 11.6 Å². The second-order valence-electron chi connectivity index (χ2n) is 3.50. The highest BCUT2D eigenvalue weighted by Crippen LogP contribution is 2.08. The third-order valence-corrected chi connectivity index (χ3v) is 2.20. The Bertz CT molecular complexity index is 389. The van der Waals surface area contributed by atoms with E-state index in [2.05, 4.69) is 18.2 Å². The van der Waals surface area contributed by atoms with E-state index >= 15 is 0 Å². The van der Waals surface area contributed by atoms with Gasteiger partial charge in [-0.2, -0.15) is 0 Å². The smallest absolute Gasteiger partial charge is 0.338 e. The standard InChI is InChI=1S/C12H15NO3/c1-3-5-10(4-2)13-7-11-6-9(8-16-11)12(14)15/h2,6,8,10,13H,3,5,7H2,1H3,(H,14,15). The van der Waals surface area contributed by atoms with E-state index in [0.717, 1.165) is 12.8 Å². The molecule has 1 atom stereocenters. The molecule has 0 amide bonds. The van der Waals surface area contributed by atoms with Gasteiger partial charge in [0.05, 0.1) is 18.2 Å². The molecule has 0 spiro atoms. The monoisotopic (exact) mass is 221 g/mol. The van der Waals surface area contributed by atoms with Gasteiger partial charge in [-0.25, -0.2) is 4.79 Å². The zero-order valence-electron chi connectivity index (χ0n) is 9.19. The number of carbonyl (C=O) groups is 1. The zero-order valence-corrected chi connectivity index (χ0v) is 9.19. The molecule has 1 unspecified atom stereocenters. The molecule has 1 aromatic rings. The topological polar surface area (TPSA) is 62.5 Å². The van der Waals surface area contributed by atoms with Gasteiger partial charge in [-0.1, -0.05) is 19.3 Å². The number of furan rings is 1. The number of carboxylic acid groups (broad SMARTS) is 1. The predicted octanol–water partition coefficient (Wildman–Crippen LogP) is 1.87. The Morgan fingerprint density at radius 2 is 2.50 bits per heavy atom. The Kier molecular flexibility index (Phi) is 4.62. The molecule has 0 aromatic carbocycles. The lowest BCUT2D eigenvalue weighted by Crippen LogP contribution is -2.26. The molecule has 16 heavy (non-hydrogen) atoms. The molecule has 1 aromatic heterocycles. The molecule has 0 saturated heterocycles. The van der Waals surface area contributed by atoms with Gasteiger partial charge in [-0.3, -0.25) is 5.32 Å². The van der Waals surface area contributed by atoms with Gasteiger partial charge in [0.25, 0.3) is 0 Å². The minimum absolute atomic E-state index is 0.00313. The molecule has 4 nitrogen and oxygen atoms in total. The van der Waals surface area contributed by atoms with Gasteiger partial charge in [0.1, 0.15) is 12.0 Å². The fraction of sp³-hybridized carbons (Fsp3) is 0.417. The van der Waals surface area contributed by atoms with Crippen LogP contribution in [0.25, 0.3) is 0 Å². The van der Waals surface area contributed by atoms with E-state index in [1.165, 1.54) is 12.3 Å². The van der Waals surface area contributed by atoms with Crippen molar-refractivity contribution in [3.8, 4) is 12.3 Å². The van der Waals surface area contributed by atoms with Crippen LogP contribution in [0.4, 0.5) is 0 Å². The van der Waals surface area contributed by atoms with Crippen molar-refractivity contribution in [1.82, 2.24) is 5.32 Å². The maximum absolute atomic E-state index is 10.6. The summed E-state index contributed by atoms with van der Waals surface area (Å²) in [6, 6.07) is 1.50. The Morgan fingerprint density at radius 3 is 3.00 bits per heavy atom. The first-order valence-electron chi connectivity index (χ1n) is 5.17. The summed E-state index contributed by atoms with van der Waals surface area (Å²) in [4.78, 5) is 10.6. The average molecular weight is 221 g/mol. The van der Waals surface area contributed by atoms with Crippen LogP contribution in [-0.2, 0) is 6.54 Å². The molecule has 1 heterocycles. The SMILES string of the molecule is C#CC(CCC)NCc1cc(C(=O)O)co1. The van der Waals surface area contributed by atoms with Crippen LogP contribution in [0.2, 0.25) is 0 Å². The van der Waals surface area contributed by atoms with Crippen LogP contribution in [0.15, 0.2) is 16.7 Å². The normalized spacial score (nSPS) is 12.0. The highest BCUT2D eigenvalue weighted by Gasteiger charge is 2.09. The number of aromatic carboxylic acids is 1. The summed E-state index contributed by atoms with van der Waals surface area (Å²) in [7, 11) is 0. The molecular weight excluding hydrogens is 206 g/mol. The van der Waals surface area contributed by atoms with Crippen molar-refractivity contribution in [2.24, 2.45) is 0 Å². The van der Waals surface area contributed by atoms with Crippen LogP contribution < -0.4 is 5.32 Å². The molecule has 0 aliphatic rings. The van der Waals surface area contributed by atoms with E-state index in [4.69, 9.17) is 15.9 Å². The Hall–Kier alpha value is -1.73. The first-order chi connectivity index (χ1) is 7.67. The molecule has 0 saturated carbocycles. The van der Waals surface area contributed by atoms with Crippen LogP contribution in [0.3, 0.4) is 0 Å². The van der Waals surface area contributed by atoms with Gasteiger partial charge >= 0.3 is 5.97 Å². The maximum Gasteiger partial charge on any atom is 0.338 e. The second kappa shape index (κ2) is 5.99. The van der Waals surface area contributed by atoms with E-state index in [0.29, 0.717) is 12.3 Å². The minimum Gasteiger partial charge on any atom is -0.478 e. The molecule has 0 radical (unpaired) electrons. The van der Waals surface area contributed by atoms with Gasteiger partial charge in [0, 0.05) is 0 Å². The maximum atomic E-state index is 10.6. The van der Waals surface area contributed by atoms with Crippen molar-refractivity contribution in [1.29, 1.82) is 0 Å². The van der Waals surface area contributed by atoms with Gasteiger partial charge in [0.15, 0.2) is 0 Å². The summed E-state index contributed by atoms with van der Waals surface area (Å²) >= 11 is 0. The molecule has 0 aliphatic heterocycles. The summed E-state index contributed by atoms with van der Waals surface area (Å²) in [6.07, 6.45) is 8.46. The van der Waals surface area contributed by atoms with Crippen LogP contribution in [0, 0.1) is 12.3 Å². The first kappa shape index (κ1) is 12.3. The first-order valence-corrected chi connectivity index (χ1v) is 5.17. The van der Waals surface area contributed by atoms with Crippen LogP contribution in [0.5, 0.6) is 0 Å². The molecule has 0 aliphatic carbocycles. The Morgan fingerprint density at radius 1 is 1.75 bits per heavy atom. The highest BCUT2D eigenvalue weighted by molar-refractivity contribution is 5.87. The molecular formula is C12H15NO3. The van der Waals surface area contributed by atoms with Gasteiger partial charge < -0.3 is 9.52 Å². The van der Waals surface area contributed by atoms with Gasteiger partial charge in [-0.15, -0.1) is 6.42 Å². The molecule has 4 heteroatoms. The minimum atomic E-state index is -0.989. The average Bonchev–Trinajstić information content (AvgIpc) is 2.73. The second-order valence-corrected chi connectivity index (χ2v) is 3.50. The summed E-state index contributed by atoms with van der Waals surface area (Å²) in [6.45, 7) is 2.50. The summed E-state index contributed by atoms with van der Waals surface area (Å²) in [5.41, 5.74) is 0.157. The molecule has 0 bridgehead atoms. The van der Waals surface area contributed by atoms with Crippen LogP contribution in [0.1, 0.15) is 35.9 Å². The third kappa shape index (κ3) is 3.44. The largest absolute Gasteiger partial charge is 0.478 e. The lowest BCUT2D eigenvalue weighted by molar-refractivity contribution is 0.0696. The fourth-order valence-electron chi connectivity index (χ4n) is 1.34. The fourth-order valence-corrected chi connectivity index (χ4v) is 1.34. The number of terminal acetylenes is 1. The third-order valence-electron chi connectivity index (χ3n) is 2.20. The lowest BCUT2D eigenvalue weighted by atomic mass is 10.2. The van der Waals surface area contributed by atoms with E-state index < -0.39 is 5.97 Å². The van der Waals surface area contributed by atoms with Crippen molar-refractivity contribution in [2.45, 2.75) is 32.4 Å². The highest BCUT2D eigenvalue weighted by atomic mass is 16.4. The Labute approximate surface area is 94.7 Å². The van der Waals surface area contributed by atoms with Crippen molar-refractivity contribution in [2.75, 3.05) is 0 Å². The van der Waals surface area contributed by atoms with Crippen molar-refractivity contribution >= 4 is 5.97 Å². The predicted molar refractivity (Wildman–Crippen MR) is 60.0 cm³/mol. The lowest BCUT2D eigenvalue weighted by Gasteiger charge is -2.09. The Balaban J connectivity index is 2.48. The van der Waals surface area contributed by atoms with E-state index in [9.17, 15) is 4.79 Å². The summed E-state index contributed by atoms with van der Waals surface area (Å²) in [5, 5.41) is 11.8.